The molecule has 1 heterocycles. The molecule has 0 aliphatic carbocycles. The molecule has 106 valence electrons. The maximum Gasteiger partial charge on any atom is 0.126 e. The van der Waals surface area contributed by atoms with Gasteiger partial charge in [0.2, 0.25) is 0 Å². The summed E-state index contributed by atoms with van der Waals surface area (Å²) in [5, 5.41) is 0. The Labute approximate surface area is 114 Å². The Morgan fingerprint density at radius 1 is 1.47 bits per heavy atom. The van der Waals surface area contributed by atoms with E-state index in [2.05, 4.69) is 11.8 Å². The molecule has 3 atom stereocenters. The van der Waals surface area contributed by atoms with Crippen LogP contribution in [0.5, 0.6) is 0 Å². The Kier molecular flexibility index (Phi) is 4.11. The third kappa shape index (κ3) is 2.74. The average Bonchev–Trinajstić information content (AvgIpc) is 2.77. The molecule has 2 unspecified atom stereocenters. The third-order valence-electron chi connectivity index (χ3n) is 4.01. The summed E-state index contributed by atoms with van der Waals surface area (Å²) in [5.74, 6) is -0.194. The maximum atomic E-state index is 13.7. The Morgan fingerprint density at radius 2 is 2.16 bits per heavy atom. The van der Waals surface area contributed by atoms with Crippen molar-refractivity contribution in [3.05, 3.63) is 29.1 Å². The number of nitrogens with two attached hydrogens (primary N) is 1. The van der Waals surface area contributed by atoms with E-state index in [1.807, 2.05) is 20.0 Å². The van der Waals surface area contributed by atoms with Gasteiger partial charge in [0.15, 0.2) is 0 Å². The van der Waals surface area contributed by atoms with Crippen LogP contribution in [0.25, 0.3) is 0 Å². The first-order valence-corrected chi connectivity index (χ1v) is 6.82. The second kappa shape index (κ2) is 5.47. The van der Waals surface area contributed by atoms with E-state index in [1.54, 1.807) is 13.0 Å². The van der Waals surface area contributed by atoms with Gasteiger partial charge < -0.3 is 15.4 Å². The smallest absolute Gasteiger partial charge is 0.126 e. The van der Waals surface area contributed by atoms with Crippen molar-refractivity contribution in [3.63, 3.8) is 0 Å². The number of aryl methyl sites for hydroxylation is 1. The fourth-order valence-electron chi connectivity index (χ4n) is 2.76. The third-order valence-corrected chi connectivity index (χ3v) is 4.01. The van der Waals surface area contributed by atoms with Gasteiger partial charge in [-0.05, 0) is 50.5 Å². The van der Waals surface area contributed by atoms with Gasteiger partial charge in [0, 0.05) is 25.4 Å². The SMILES string of the molecule is Cc1cc(N(C)C2CCOC2C)c([C@@H](C)N)cc1F. The van der Waals surface area contributed by atoms with Crippen LogP contribution in [0, 0.1) is 12.7 Å². The fourth-order valence-corrected chi connectivity index (χ4v) is 2.76. The van der Waals surface area contributed by atoms with Gasteiger partial charge in [-0.1, -0.05) is 0 Å². The molecule has 2 rings (SSSR count). The minimum Gasteiger partial charge on any atom is -0.376 e. The number of hydrogen-bond donors (Lipinski definition) is 1. The molecule has 1 aromatic rings. The number of hydrogen-bond acceptors (Lipinski definition) is 3. The molecule has 0 spiro atoms. The number of ether oxygens (including phenoxy) is 1. The molecule has 1 fully saturated rings. The first-order valence-electron chi connectivity index (χ1n) is 6.82. The zero-order valence-corrected chi connectivity index (χ0v) is 12.1. The minimum atomic E-state index is -0.194. The van der Waals surface area contributed by atoms with Crippen LogP contribution < -0.4 is 10.6 Å². The molecule has 3 nitrogen and oxygen atoms in total. The highest BCUT2D eigenvalue weighted by molar-refractivity contribution is 5.57. The lowest BCUT2D eigenvalue weighted by atomic mass is 10.0. The van der Waals surface area contributed by atoms with Crippen molar-refractivity contribution in [2.45, 2.75) is 45.4 Å². The van der Waals surface area contributed by atoms with E-state index in [-0.39, 0.29) is 18.0 Å². The minimum absolute atomic E-state index is 0.190. The van der Waals surface area contributed by atoms with E-state index in [1.165, 1.54) is 0 Å². The molecule has 4 heteroatoms. The molecule has 1 aromatic carbocycles. The topological polar surface area (TPSA) is 38.5 Å². The van der Waals surface area contributed by atoms with Crippen LogP contribution in [0.2, 0.25) is 0 Å². The quantitative estimate of drug-likeness (QED) is 0.914. The van der Waals surface area contributed by atoms with Gasteiger partial charge in [-0.25, -0.2) is 4.39 Å². The standard InChI is InChI=1S/C15H23FN2O/c1-9-7-15(12(10(2)17)8-13(9)16)18(4)14-5-6-19-11(14)3/h7-8,10-11,14H,5-6,17H2,1-4H3/t10-,11?,14?/m1/s1. The zero-order chi connectivity index (χ0) is 14.2. The molecule has 1 aliphatic heterocycles. The summed E-state index contributed by atoms with van der Waals surface area (Å²) < 4.78 is 19.4. The molecule has 0 bridgehead atoms. The summed E-state index contributed by atoms with van der Waals surface area (Å²) in [5.41, 5.74) is 8.49. The van der Waals surface area contributed by atoms with Gasteiger partial charge in [-0.15, -0.1) is 0 Å². The molecule has 1 saturated heterocycles. The molecule has 0 aromatic heterocycles. The van der Waals surface area contributed by atoms with E-state index >= 15 is 0 Å². The summed E-state index contributed by atoms with van der Waals surface area (Å²) in [4.78, 5) is 2.18. The van der Waals surface area contributed by atoms with Crippen LogP contribution in [0.4, 0.5) is 10.1 Å². The first-order chi connectivity index (χ1) is 8.91. The summed E-state index contributed by atoms with van der Waals surface area (Å²) in [6, 6.07) is 3.58. The fraction of sp³-hybridized carbons (Fsp3) is 0.600. The second-order valence-corrected chi connectivity index (χ2v) is 5.49. The van der Waals surface area contributed by atoms with E-state index in [4.69, 9.17) is 10.5 Å². The highest BCUT2D eigenvalue weighted by Crippen LogP contribution is 2.31. The average molecular weight is 266 g/mol. The number of halogens is 1. The summed E-state index contributed by atoms with van der Waals surface area (Å²) in [6.45, 7) is 6.53. The van der Waals surface area contributed by atoms with Crippen molar-refractivity contribution in [1.82, 2.24) is 0 Å². The Balaban J connectivity index is 2.39. The second-order valence-electron chi connectivity index (χ2n) is 5.49. The number of likely N-dealkylation sites (N-methyl/N-ethyl adjacent to an activating group) is 1. The van der Waals surface area contributed by atoms with Crippen molar-refractivity contribution in [2.75, 3.05) is 18.6 Å². The van der Waals surface area contributed by atoms with Gasteiger partial charge in [0.05, 0.1) is 12.1 Å². The van der Waals surface area contributed by atoms with Gasteiger partial charge in [0.1, 0.15) is 5.82 Å². The number of benzene rings is 1. The largest absolute Gasteiger partial charge is 0.376 e. The number of anilines is 1. The van der Waals surface area contributed by atoms with Gasteiger partial charge in [0.25, 0.3) is 0 Å². The molecule has 0 saturated carbocycles. The Morgan fingerprint density at radius 3 is 2.68 bits per heavy atom. The first kappa shape index (κ1) is 14.3. The van der Waals surface area contributed by atoms with Crippen LogP contribution in [0.1, 0.15) is 37.4 Å². The molecular formula is C15H23FN2O. The van der Waals surface area contributed by atoms with E-state index in [0.717, 1.165) is 24.3 Å². The molecule has 2 N–H and O–H groups in total. The van der Waals surface area contributed by atoms with Crippen LogP contribution in [0.3, 0.4) is 0 Å². The number of nitrogens with zero attached hydrogens (tertiary/aromatic N) is 1. The number of rotatable bonds is 3. The predicted octanol–water partition coefficient (Wildman–Crippen LogP) is 2.77. The molecule has 1 aliphatic rings. The van der Waals surface area contributed by atoms with E-state index < -0.39 is 0 Å². The highest BCUT2D eigenvalue weighted by atomic mass is 19.1. The predicted molar refractivity (Wildman–Crippen MR) is 76.0 cm³/mol. The maximum absolute atomic E-state index is 13.7. The monoisotopic (exact) mass is 266 g/mol. The Bertz CT molecular complexity index is 462. The Hall–Kier alpha value is -1.13. The molecular weight excluding hydrogens is 243 g/mol. The lowest BCUT2D eigenvalue weighted by molar-refractivity contribution is 0.118. The van der Waals surface area contributed by atoms with Crippen LogP contribution in [-0.4, -0.2) is 25.8 Å². The van der Waals surface area contributed by atoms with Gasteiger partial charge in [-0.3, -0.25) is 0 Å². The van der Waals surface area contributed by atoms with E-state index in [0.29, 0.717) is 11.6 Å². The normalized spacial score (nSPS) is 24.5. The van der Waals surface area contributed by atoms with Crippen molar-refractivity contribution in [1.29, 1.82) is 0 Å². The van der Waals surface area contributed by atoms with Crippen LogP contribution in [0.15, 0.2) is 12.1 Å². The van der Waals surface area contributed by atoms with Gasteiger partial charge >= 0.3 is 0 Å². The summed E-state index contributed by atoms with van der Waals surface area (Å²) in [7, 11) is 2.04. The van der Waals surface area contributed by atoms with E-state index in [9.17, 15) is 4.39 Å². The molecule has 0 radical (unpaired) electrons. The van der Waals surface area contributed by atoms with Gasteiger partial charge in [-0.2, -0.15) is 0 Å². The van der Waals surface area contributed by atoms with Crippen molar-refractivity contribution < 1.29 is 9.13 Å². The summed E-state index contributed by atoms with van der Waals surface area (Å²) >= 11 is 0. The van der Waals surface area contributed by atoms with Crippen molar-refractivity contribution in [3.8, 4) is 0 Å². The lowest BCUT2D eigenvalue weighted by Crippen LogP contribution is -2.37. The van der Waals surface area contributed by atoms with Crippen LogP contribution >= 0.6 is 0 Å². The van der Waals surface area contributed by atoms with Crippen LogP contribution in [-0.2, 0) is 4.74 Å². The highest BCUT2D eigenvalue weighted by Gasteiger charge is 2.29. The van der Waals surface area contributed by atoms with Crippen molar-refractivity contribution >= 4 is 5.69 Å². The zero-order valence-electron chi connectivity index (χ0n) is 12.1. The summed E-state index contributed by atoms with van der Waals surface area (Å²) in [6.07, 6.45) is 1.18. The lowest BCUT2D eigenvalue weighted by Gasteiger charge is -2.31. The molecule has 19 heavy (non-hydrogen) atoms. The molecule has 0 amide bonds. The van der Waals surface area contributed by atoms with Crippen molar-refractivity contribution in [2.24, 2.45) is 5.73 Å².